The van der Waals surface area contributed by atoms with E-state index in [2.05, 4.69) is 40.0 Å². The Labute approximate surface area is 116 Å². The second kappa shape index (κ2) is 5.43. The predicted molar refractivity (Wildman–Crippen MR) is 74.4 cm³/mol. The van der Waals surface area contributed by atoms with Crippen molar-refractivity contribution in [3.8, 4) is 0 Å². The van der Waals surface area contributed by atoms with Gasteiger partial charge in [0, 0.05) is 13.1 Å². The number of hydrogen-bond acceptors (Lipinski definition) is 2. The van der Waals surface area contributed by atoms with Gasteiger partial charge in [-0.1, -0.05) is 20.3 Å². The van der Waals surface area contributed by atoms with Crippen LogP contribution in [0.2, 0.25) is 0 Å². The molecule has 0 aromatic carbocycles. The van der Waals surface area contributed by atoms with E-state index in [1.807, 2.05) is 4.90 Å². The van der Waals surface area contributed by atoms with E-state index in [1.54, 1.807) is 6.20 Å². The number of hydrogen-bond donors (Lipinski definition) is 1. The van der Waals surface area contributed by atoms with Crippen LogP contribution < -0.4 is 0 Å². The van der Waals surface area contributed by atoms with Gasteiger partial charge in [-0.05, 0) is 40.6 Å². The minimum absolute atomic E-state index is 0.0569. The Morgan fingerprint density at radius 1 is 1.67 bits per heavy atom. The van der Waals surface area contributed by atoms with Crippen molar-refractivity contribution in [2.75, 3.05) is 13.1 Å². The highest BCUT2D eigenvalue weighted by molar-refractivity contribution is 9.10. The van der Waals surface area contributed by atoms with Gasteiger partial charge in [0.2, 0.25) is 0 Å². The van der Waals surface area contributed by atoms with E-state index >= 15 is 0 Å². The SMILES string of the molecule is CCC[C@@]1(C)CCCN(C(=O)c2[nH]ncc2Br)C1. The normalized spacial score (nSPS) is 24.3. The first-order chi connectivity index (χ1) is 8.56. The number of nitrogens with one attached hydrogen (secondary N) is 1. The zero-order valence-electron chi connectivity index (χ0n) is 11.0. The molecule has 100 valence electrons. The van der Waals surface area contributed by atoms with Gasteiger partial charge in [-0.25, -0.2) is 0 Å². The third-order valence-corrected chi connectivity index (χ3v) is 4.33. The van der Waals surface area contributed by atoms with Crippen molar-refractivity contribution < 1.29 is 4.79 Å². The van der Waals surface area contributed by atoms with Crippen LogP contribution in [0.1, 0.15) is 50.0 Å². The van der Waals surface area contributed by atoms with Crippen LogP contribution in [0, 0.1) is 5.41 Å². The van der Waals surface area contributed by atoms with E-state index in [4.69, 9.17) is 0 Å². The van der Waals surface area contributed by atoms with Crippen LogP contribution in [0.3, 0.4) is 0 Å². The molecule has 1 saturated heterocycles. The zero-order valence-corrected chi connectivity index (χ0v) is 12.6. The van der Waals surface area contributed by atoms with Crippen molar-refractivity contribution in [2.24, 2.45) is 5.41 Å². The van der Waals surface area contributed by atoms with Crippen LogP contribution in [-0.2, 0) is 0 Å². The molecule has 2 rings (SSSR count). The first-order valence-corrected chi connectivity index (χ1v) is 7.33. The molecule has 1 amide bonds. The average Bonchev–Trinajstić information content (AvgIpc) is 2.74. The second-order valence-corrected chi connectivity index (χ2v) is 6.34. The van der Waals surface area contributed by atoms with Crippen molar-refractivity contribution in [2.45, 2.75) is 39.5 Å². The van der Waals surface area contributed by atoms with Crippen molar-refractivity contribution >= 4 is 21.8 Å². The quantitative estimate of drug-likeness (QED) is 0.931. The number of aromatic amines is 1. The molecule has 18 heavy (non-hydrogen) atoms. The average molecular weight is 314 g/mol. The van der Waals surface area contributed by atoms with Crippen molar-refractivity contribution in [1.29, 1.82) is 0 Å². The Hall–Kier alpha value is -0.840. The van der Waals surface area contributed by atoms with Gasteiger partial charge < -0.3 is 4.90 Å². The molecule has 1 aliphatic heterocycles. The van der Waals surface area contributed by atoms with Gasteiger partial charge in [0.1, 0.15) is 5.69 Å². The molecule has 0 saturated carbocycles. The molecule has 0 unspecified atom stereocenters. The maximum atomic E-state index is 12.4. The van der Waals surface area contributed by atoms with E-state index in [9.17, 15) is 4.79 Å². The van der Waals surface area contributed by atoms with Gasteiger partial charge in [0.05, 0.1) is 10.7 Å². The van der Waals surface area contributed by atoms with E-state index < -0.39 is 0 Å². The molecule has 1 aliphatic rings. The lowest BCUT2D eigenvalue weighted by Gasteiger charge is -2.40. The molecule has 0 radical (unpaired) electrons. The molecule has 0 bridgehead atoms. The van der Waals surface area contributed by atoms with Gasteiger partial charge in [0.15, 0.2) is 0 Å². The lowest BCUT2D eigenvalue weighted by Crippen LogP contribution is -2.45. The van der Waals surface area contributed by atoms with Gasteiger partial charge in [0.25, 0.3) is 5.91 Å². The number of likely N-dealkylation sites (tertiary alicyclic amines) is 1. The van der Waals surface area contributed by atoms with Gasteiger partial charge in [-0.3, -0.25) is 9.89 Å². The molecule has 1 atom stereocenters. The second-order valence-electron chi connectivity index (χ2n) is 5.48. The summed E-state index contributed by atoms with van der Waals surface area (Å²) in [4.78, 5) is 14.4. The van der Waals surface area contributed by atoms with E-state index in [0.29, 0.717) is 5.69 Å². The van der Waals surface area contributed by atoms with E-state index in [1.165, 1.54) is 19.3 Å². The molecule has 0 spiro atoms. The molecule has 2 heterocycles. The summed E-state index contributed by atoms with van der Waals surface area (Å²) in [7, 11) is 0. The minimum atomic E-state index is 0.0569. The predicted octanol–water partition coefficient (Wildman–Crippen LogP) is 3.21. The summed E-state index contributed by atoms with van der Waals surface area (Å²) < 4.78 is 0.746. The number of aromatic nitrogens is 2. The van der Waals surface area contributed by atoms with Gasteiger partial charge >= 0.3 is 0 Å². The minimum Gasteiger partial charge on any atom is -0.337 e. The number of carbonyl (C=O) groups excluding carboxylic acids is 1. The smallest absolute Gasteiger partial charge is 0.273 e. The fourth-order valence-corrected chi connectivity index (χ4v) is 3.24. The summed E-state index contributed by atoms with van der Waals surface area (Å²) in [5.41, 5.74) is 0.838. The van der Waals surface area contributed by atoms with Crippen LogP contribution in [0.15, 0.2) is 10.7 Å². The first kappa shape index (κ1) is 13.6. The number of carbonyl (C=O) groups is 1. The first-order valence-electron chi connectivity index (χ1n) is 6.54. The number of amides is 1. The zero-order chi connectivity index (χ0) is 13.2. The lowest BCUT2D eigenvalue weighted by atomic mass is 9.78. The molecule has 4 nitrogen and oxygen atoms in total. The van der Waals surface area contributed by atoms with Gasteiger partial charge in [-0.2, -0.15) is 5.10 Å². The largest absolute Gasteiger partial charge is 0.337 e. The summed E-state index contributed by atoms with van der Waals surface area (Å²) in [5.74, 6) is 0.0569. The Bertz CT molecular complexity index is 428. The Morgan fingerprint density at radius 3 is 3.06 bits per heavy atom. The molecular weight excluding hydrogens is 294 g/mol. The van der Waals surface area contributed by atoms with Crippen molar-refractivity contribution in [1.82, 2.24) is 15.1 Å². The summed E-state index contributed by atoms with van der Waals surface area (Å²) in [6.45, 7) is 6.20. The standard InChI is InChI=1S/C13H20BrN3O/c1-3-5-13(2)6-4-7-17(9-13)12(18)11-10(14)8-15-16-11/h8H,3-7,9H2,1-2H3,(H,15,16)/t13-/m0/s1. The summed E-state index contributed by atoms with van der Waals surface area (Å²) in [5, 5.41) is 6.66. The third-order valence-electron chi connectivity index (χ3n) is 3.73. The van der Waals surface area contributed by atoms with E-state index in [-0.39, 0.29) is 11.3 Å². The Balaban J connectivity index is 2.10. The Kier molecular flexibility index (Phi) is 4.10. The maximum Gasteiger partial charge on any atom is 0.273 e. The highest BCUT2D eigenvalue weighted by Crippen LogP contribution is 2.34. The van der Waals surface area contributed by atoms with Crippen molar-refractivity contribution in [3.63, 3.8) is 0 Å². The van der Waals surface area contributed by atoms with Crippen LogP contribution in [-0.4, -0.2) is 34.1 Å². The molecule has 1 fully saturated rings. The molecule has 1 N–H and O–H groups in total. The lowest BCUT2D eigenvalue weighted by molar-refractivity contribution is 0.0524. The summed E-state index contributed by atoms with van der Waals surface area (Å²) in [6, 6.07) is 0. The number of halogens is 1. The highest BCUT2D eigenvalue weighted by Gasteiger charge is 2.33. The number of H-pyrrole nitrogens is 1. The number of nitrogens with zero attached hydrogens (tertiary/aromatic N) is 2. The number of piperidine rings is 1. The maximum absolute atomic E-state index is 12.4. The van der Waals surface area contributed by atoms with Crippen LogP contribution in [0.5, 0.6) is 0 Å². The molecule has 0 aliphatic carbocycles. The summed E-state index contributed by atoms with van der Waals surface area (Å²) >= 11 is 3.35. The summed E-state index contributed by atoms with van der Waals surface area (Å²) in [6.07, 6.45) is 6.29. The third kappa shape index (κ3) is 2.76. The van der Waals surface area contributed by atoms with E-state index in [0.717, 1.165) is 24.0 Å². The molecule has 5 heteroatoms. The molecule has 1 aromatic rings. The highest BCUT2D eigenvalue weighted by atomic mass is 79.9. The van der Waals surface area contributed by atoms with Crippen LogP contribution in [0.25, 0.3) is 0 Å². The number of rotatable bonds is 3. The van der Waals surface area contributed by atoms with Crippen LogP contribution >= 0.6 is 15.9 Å². The van der Waals surface area contributed by atoms with Gasteiger partial charge in [-0.15, -0.1) is 0 Å². The molecular formula is C13H20BrN3O. The Morgan fingerprint density at radius 2 is 2.44 bits per heavy atom. The topological polar surface area (TPSA) is 49.0 Å². The fraction of sp³-hybridized carbons (Fsp3) is 0.692. The molecule has 1 aromatic heterocycles. The van der Waals surface area contributed by atoms with Crippen LogP contribution in [0.4, 0.5) is 0 Å². The fourth-order valence-electron chi connectivity index (χ4n) is 2.88. The monoisotopic (exact) mass is 313 g/mol. The van der Waals surface area contributed by atoms with Crippen molar-refractivity contribution in [3.05, 3.63) is 16.4 Å².